The van der Waals surface area contributed by atoms with Crippen molar-refractivity contribution in [2.45, 2.75) is 46.1 Å². The van der Waals surface area contributed by atoms with Gasteiger partial charge in [-0.05, 0) is 36.0 Å². The van der Waals surface area contributed by atoms with Crippen molar-refractivity contribution in [1.82, 2.24) is 5.32 Å². The molecule has 2 rings (SSSR count). The fourth-order valence-electron chi connectivity index (χ4n) is 3.87. The summed E-state index contributed by atoms with van der Waals surface area (Å²) < 4.78 is 30.1. The van der Waals surface area contributed by atoms with Gasteiger partial charge in [-0.2, -0.15) is 8.42 Å². The molecule has 5 heteroatoms. The molecule has 100 valence electrons. The van der Waals surface area contributed by atoms with E-state index < -0.39 is 10.1 Å². The molecule has 2 aliphatic carbocycles. The quantitative estimate of drug-likeness (QED) is 0.756. The van der Waals surface area contributed by atoms with Crippen molar-refractivity contribution in [3.05, 3.63) is 0 Å². The van der Waals surface area contributed by atoms with Crippen LogP contribution in [0, 0.1) is 16.7 Å². The van der Waals surface area contributed by atoms with Gasteiger partial charge < -0.3 is 5.32 Å². The Bertz CT molecular complexity index is 404. The molecule has 2 N–H and O–H groups in total. The minimum absolute atomic E-state index is 0.190. The molecule has 0 amide bonds. The Morgan fingerprint density at radius 3 is 2.41 bits per heavy atom. The van der Waals surface area contributed by atoms with Crippen LogP contribution in [0.4, 0.5) is 0 Å². The molecule has 3 unspecified atom stereocenters. The molecule has 17 heavy (non-hydrogen) atoms. The van der Waals surface area contributed by atoms with Crippen molar-refractivity contribution in [1.29, 1.82) is 0 Å². The fraction of sp³-hybridized carbons (Fsp3) is 1.00. The lowest BCUT2D eigenvalue weighted by atomic mass is 9.69. The van der Waals surface area contributed by atoms with Gasteiger partial charge in [0.25, 0.3) is 10.1 Å². The predicted molar refractivity (Wildman–Crippen MR) is 67.4 cm³/mol. The van der Waals surface area contributed by atoms with E-state index in [1.54, 1.807) is 0 Å². The van der Waals surface area contributed by atoms with Crippen molar-refractivity contribution in [2.24, 2.45) is 16.7 Å². The normalized spacial score (nSPS) is 39.8. The highest BCUT2D eigenvalue weighted by Crippen LogP contribution is 2.65. The Kier molecular flexibility index (Phi) is 3.08. The standard InChI is InChI=1S/C12H23NO3S/c1-11(2)9-4-5-12(11,3)10(8-9)13-6-7-17(14,15)16/h9-10,13H,4-8H2,1-3H3,(H,14,15,16). The van der Waals surface area contributed by atoms with E-state index >= 15 is 0 Å². The fourth-order valence-corrected chi connectivity index (χ4v) is 4.25. The van der Waals surface area contributed by atoms with E-state index in [1.165, 1.54) is 12.8 Å². The molecule has 2 fully saturated rings. The van der Waals surface area contributed by atoms with Gasteiger partial charge in [-0.1, -0.05) is 20.8 Å². The summed E-state index contributed by atoms with van der Waals surface area (Å²) in [5.41, 5.74) is 0.597. The summed E-state index contributed by atoms with van der Waals surface area (Å²) in [6.07, 6.45) is 3.64. The van der Waals surface area contributed by atoms with Gasteiger partial charge in [-0.25, -0.2) is 0 Å². The van der Waals surface area contributed by atoms with Gasteiger partial charge in [0, 0.05) is 12.6 Å². The maximum absolute atomic E-state index is 10.7. The molecular formula is C12H23NO3S. The van der Waals surface area contributed by atoms with Crippen LogP contribution in [0.2, 0.25) is 0 Å². The monoisotopic (exact) mass is 261 g/mol. The third-order valence-corrected chi connectivity index (χ3v) is 6.26. The third-order valence-electron chi connectivity index (χ3n) is 5.54. The highest BCUT2D eigenvalue weighted by Gasteiger charge is 2.60. The lowest BCUT2D eigenvalue weighted by Crippen LogP contribution is -2.45. The molecular weight excluding hydrogens is 238 g/mol. The van der Waals surface area contributed by atoms with Crippen molar-refractivity contribution < 1.29 is 13.0 Å². The summed E-state index contributed by atoms with van der Waals surface area (Å²) in [5, 5.41) is 3.33. The highest BCUT2D eigenvalue weighted by atomic mass is 32.2. The summed E-state index contributed by atoms with van der Waals surface area (Å²) in [6.45, 7) is 7.32. The van der Waals surface area contributed by atoms with Crippen molar-refractivity contribution in [3.8, 4) is 0 Å². The number of hydrogen-bond donors (Lipinski definition) is 2. The number of nitrogens with one attached hydrogen (secondary N) is 1. The van der Waals surface area contributed by atoms with E-state index in [0.717, 1.165) is 12.3 Å². The first-order chi connectivity index (χ1) is 7.67. The maximum Gasteiger partial charge on any atom is 0.266 e. The topological polar surface area (TPSA) is 66.4 Å². The van der Waals surface area contributed by atoms with Gasteiger partial charge in [0.2, 0.25) is 0 Å². The van der Waals surface area contributed by atoms with Crippen LogP contribution in [0.1, 0.15) is 40.0 Å². The van der Waals surface area contributed by atoms with Crippen molar-refractivity contribution in [2.75, 3.05) is 12.3 Å². The van der Waals surface area contributed by atoms with Crippen molar-refractivity contribution in [3.63, 3.8) is 0 Å². The van der Waals surface area contributed by atoms with Gasteiger partial charge in [-0.3, -0.25) is 4.55 Å². The molecule has 0 radical (unpaired) electrons. The van der Waals surface area contributed by atoms with Gasteiger partial charge in [-0.15, -0.1) is 0 Å². The van der Waals surface area contributed by atoms with Crippen LogP contribution in [0.3, 0.4) is 0 Å². The van der Waals surface area contributed by atoms with Crippen molar-refractivity contribution >= 4 is 10.1 Å². The van der Waals surface area contributed by atoms with Crippen LogP contribution in [0.25, 0.3) is 0 Å². The summed E-state index contributed by atoms with van der Waals surface area (Å²) in [6, 6.07) is 0.387. The average molecular weight is 261 g/mol. The highest BCUT2D eigenvalue weighted by molar-refractivity contribution is 7.85. The largest absolute Gasteiger partial charge is 0.312 e. The Morgan fingerprint density at radius 1 is 1.35 bits per heavy atom. The summed E-state index contributed by atoms with van der Waals surface area (Å²) in [5.74, 6) is 0.556. The van der Waals surface area contributed by atoms with E-state index in [1.807, 2.05) is 0 Å². The minimum Gasteiger partial charge on any atom is -0.312 e. The Morgan fingerprint density at radius 2 is 2.00 bits per heavy atom. The van der Waals surface area contributed by atoms with Crippen LogP contribution >= 0.6 is 0 Å². The summed E-state index contributed by atoms with van der Waals surface area (Å²) in [4.78, 5) is 0. The molecule has 0 aliphatic heterocycles. The molecule has 0 aromatic rings. The lowest BCUT2D eigenvalue weighted by Gasteiger charge is -2.39. The molecule has 0 heterocycles. The second-order valence-electron chi connectivity index (χ2n) is 6.40. The van der Waals surface area contributed by atoms with Crippen LogP contribution < -0.4 is 5.32 Å². The zero-order valence-electron chi connectivity index (χ0n) is 10.9. The molecule has 0 saturated heterocycles. The summed E-state index contributed by atoms with van der Waals surface area (Å²) >= 11 is 0. The lowest BCUT2D eigenvalue weighted by molar-refractivity contribution is 0.122. The SMILES string of the molecule is CC1(C)C2CCC1(C)C(NCCS(=O)(=O)O)C2. The zero-order valence-corrected chi connectivity index (χ0v) is 11.7. The Hall–Kier alpha value is -0.130. The van der Waals surface area contributed by atoms with E-state index in [4.69, 9.17) is 4.55 Å². The van der Waals surface area contributed by atoms with Gasteiger partial charge in [0.05, 0.1) is 5.75 Å². The maximum atomic E-state index is 10.7. The number of hydrogen-bond acceptors (Lipinski definition) is 3. The second kappa shape index (κ2) is 3.93. The van der Waals surface area contributed by atoms with E-state index in [-0.39, 0.29) is 11.2 Å². The predicted octanol–water partition coefficient (Wildman–Crippen LogP) is 1.68. The molecule has 0 spiro atoms. The molecule has 2 bridgehead atoms. The van der Waals surface area contributed by atoms with Gasteiger partial charge >= 0.3 is 0 Å². The molecule has 2 aliphatic rings. The second-order valence-corrected chi connectivity index (χ2v) is 7.98. The average Bonchev–Trinajstić information content (AvgIpc) is 2.48. The van der Waals surface area contributed by atoms with Gasteiger partial charge in [0.15, 0.2) is 0 Å². The van der Waals surface area contributed by atoms with Crippen LogP contribution in [0.15, 0.2) is 0 Å². The zero-order chi connectivity index (χ0) is 12.9. The van der Waals surface area contributed by atoms with E-state index in [0.29, 0.717) is 18.0 Å². The van der Waals surface area contributed by atoms with Crippen LogP contribution in [-0.4, -0.2) is 31.3 Å². The Balaban J connectivity index is 1.97. The summed E-state index contributed by atoms with van der Waals surface area (Å²) in [7, 11) is -3.84. The first-order valence-electron chi connectivity index (χ1n) is 6.35. The Labute approximate surface area is 104 Å². The van der Waals surface area contributed by atoms with Crippen LogP contribution in [-0.2, 0) is 10.1 Å². The minimum atomic E-state index is -3.84. The van der Waals surface area contributed by atoms with Gasteiger partial charge in [0.1, 0.15) is 0 Å². The molecule has 0 aromatic heterocycles. The smallest absolute Gasteiger partial charge is 0.266 e. The number of rotatable bonds is 4. The third kappa shape index (κ3) is 2.13. The van der Waals surface area contributed by atoms with Crippen LogP contribution in [0.5, 0.6) is 0 Å². The first-order valence-corrected chi connectivity index (χ1v) is 7.96. The first kappa shape index (κ1) is 13.3. The molecule has 4 nitrogen and oxygen atoms in total. The molecule has 0 aromatic carbocycles. The number of fused-ring (bicyclic) bond motifs is 2. The van der Waals surface area contributed by atoms with E-state index in [9.17, 15) is 8.42 Å². The molecule has 3 atom stereocenters. The van der Waals surface area contributed by atoms with E-state index in [2.05, 4.69) is 26.1 Å². The molecule has 2 saturated carbocycles.